The Bertz CT molecular complexity index is 343. The first-order chi connectivity index (χ1) is 11.2. The molecule has 0 aromatic rings. The Morgan fingerprint density at radius 1 is 1.17 bits per heavy atom. The SMILES string of the molecule is CC(CCCO)NC(=O)N1CCCC(CN2CCCCCC2)C1. The average Bonchev–Trinajstić information content (AvgIpc) is 2.82. The van der Waals surface area contributed by atoms with E-state index in [9.17, 15) is 4.79 Å². The van der Waals surface area contributed by atoms with E-state index in [2.05, 4.69) is 10.2 Å². The molecule has 0 radical (unpaired) electrons. The van der Waals surface area contributed by atoms with Gasteiger partial charge < -0.3 is 20.2 Å². The minimum absolute atomic E-state index is 0.0796. The predicted octanol–water partition coefficient (Wildman–Crippen LogP) is 2.45. The van der Waals surface area contributed by atoms with E-state index >= 15 is 0 Å². The van der Waals surface area contributed by atoms with Gasteiger partial charge in [-0.15, -0.1) is 0 Å². The second kappa shape index (κ2) is 10.1. The lowest BCUT2D eigenvalue weighted by Gasteiger charge is -2.36. The van der Waals surface area contributed by atoms with Gasteiger partial charge in [0.1, 0.15) is 0 Å². The van der Waals surface area contributed by atoms with E-state index in [0.29, 0.717) is 5.92 Å². The van der Waals surface area contributed by atoms with Crippen LogP contribution in [0, 0.1) is 5.92 Å². The highest BCUT2D eigenvalue weighted by molar-refractivity contribution is 5.74. The summed E-state index contributed by atoms with van der Waals surface area (Å²) >= 11 is 0. The van der Waals surface area contributed by atoms with Crippen LogP contribution in [0.1, 0.15) is 58.3 Å². The van der Waals surface area contributed by atoms with Crippen molar-refractivity contribution in [3.63, 3.8) is 0 Å². The molecule has 2 N–H and O–H groups in total. The number of aliphatic hydroxyl groups excluding tert-OH is 1. The molecule has 23 heavy (non-hydrogen) atoms. The predicted molar refractivity (Wildman–Crippen MR) is 93.5 cm³/mol. The fourth-order valence-electron chi connectivity index (χ4n) is 3.85. The Kier molecular flexibility index (Phi) is 8.17. The number of piperidine rings is 1. The van der Waals surface area contributed by atoms with Gasteiger partial charge in [0.15, 0.2) is 0 Å². The molecule has 2 amide bonds. The second-order valence-corrected chi connectivity index (χ2v) is 7.39. The van der Waals surface area contributed by atoms with Gasteiger partial charge in [0.05, 0.1) is 0 Å². The largest absolute Gasteiger partial charge is 0.396 e. The first-order valence-corrected chi connectivity index (χ1v) is 9.57. The number of hydrogen-bond donors (Lipinski definition) is 2. The summed E-state index contributed by atoms with van der Waals surface area (Å²) in [6.45, 7) is 7.63. The molecule has 0 aromatic carbocycles. The first-order valence-electron chi connectivity index (χ1n) is 9.57. The topological polar surface area (TPSA) is 55.8 Å². The molecule has 2 fully saturated rings. The maximum atomic E-state index is 12.4. The Labute approximate surface area is 141 Å². The molecule has 2 heterocycles. The van der Waals surface area contributed by atoms with Crippen LogP contribution in [0.2, 0.25) is 0 Å². The third kappa shape index (κ3) is 6.68. The lowest BCUT2D eigenvalue weighted by atomic mass is 9.97. The summed E-state index contributed by atoms with van der Waals surface area (Å²) in [6, 6.07) is 0.219. The van der Waals surface area contributed by atoms with Crippen molar-refractivity contribution in [3.05, 3.63) is 0 Å². The monoisotopic (exact) mass is 325 g/mol. The van der Waals surface area contributed by atoms with Gasteiger partial charge >= 0.3 is 6.03 Å². The molecular weight excluding hydrogens is 290 g/mol. The molecule has 2 unspecified atom stereocenters. The number of likely N-dealkylation sites (tertiary alicyclic amines) is 2. The summed E-state index contributed by atoms with van der Waals surface area (Å²) in [6.07, 6.45) is 9.38. The summed E-state index contributed by atoms with van der Waals surface area (Å²) in [7, 11) is 0. The summed E-state index contributed by atoms with van der Waals surface area (Å²) < 4.78 is 0. The van der Waals surface area contributed by atoms with Gasteiger partial charge in [0.2, 0.25) is 0 Å². The number of carbonyl (C=O) groups excluding carboxylic acids is 1. The van der Waals surface area contributed by atoms with Crippen LogP contribution >= 0.6 is 0 Å². The molecule has 0 aromatic heterocycles. The fourth-order valence-corrected chi connectivity index (χ4v) is 3.85. The molecule has 2 saturated heterocycles. The molecule has 0 bridgehead atoms. The van der Waals surface area contributed by atoms with Gasteiger partial charge in [0.25, 0.3) is 0 Å². The molecule has 5 nitrogen and oxygen atoms in total. The number of nitrogens with one attached hydrogen (secondary N) is 1. The second-order valence-electron chi connectivity index (χ2n) is 7.39. The number of rotatable bonds is 6. The molecule has 2 aliphatic heterocycles. The van der Waals surface area contributed by atoms with E-state index in [1.54, 1.807) is 0 Å². The summed E-state index contributed by atoms with van der Waals surface area (Å²) in [5.41, 5.74) is 0. The Hall–Kier alpha value is -0.810. The van der Waals surface area contributed by atoms with Crippen molar-refractivity contribution in [2.24, 2.45) is 5.92 Å². The van der Waals surface area contributed by atoms with Crippen molar-refractivity contribution in [2.45, 2.75) is 64.3 Å². The van der Waals surface area contributed by atoms with Crippen molar-refractivity contribution in [2.75, 3.05) is 39.3 Å². The van der Waals surface area contributed by atoms with Crippen LogP contribution in [0.25, 0.3) is 0 Å². The maximum absolute atomic E-state index is 12.4. The van der Waals surface area contributed by atoms with Gasteiger partial charge in [-0.05, 0) is 64.5 Å². The number of hydrogen-bond acceptors (Lipinski definition) is 3. The van der Waals surface area contributed by atoms with Crippen LogP contribution in [0.15, 0.2) is 0 Å². The van der Waals surface area contributed by atoms with Crippen LogP contribution in [-0.4, -0.2) is 66.3 Å². The highest BCUT2D eigenvalue weighted by Crippen LogP contribution is 2.20. The van der Waals surface area contributed by atoms with E-state index in [1.165, 1.54) is 45.2 Å². The van der Waals surface area contributed by atoms with E-state index in [0.717, 1.165) is 38.9 Å². The quantitative estimate of drug-likeness (QED) is 0.789. The van der Waals surface area contributed by atoms with Crippen molar-refractivity contribution in [1.29, 1.82) is 0 Å². The molecule has 5 heteroatoms. The Balaban J connectivity index is 1.74. The third-order valence-corrected chi connectivity index (χ3v) is 5.19. The van der Waals surface area contributed by atoms with Crippen molar-refractivity contribution < 1.29 is 9.90 Å². The van der Waals surface area contributed by atoms with Gasteiger partial charge in [-0.1, -0.05) is 12.8 Å². The molecule has 134 valence electrons. The normalized spacial score (nSPS) is 25.0. The number of urea groups is 1. The van der Waals surface area contributed by atoms with Crippen LogP contribution in [0.3, 0.4) is 0 Å². The number of amides is 2. The summed E-state index contributed by atoms with van der Waals surface area (Å²) in [5.74, 6) is 0.625. The molecule has 2 rings (SSSR count). The first kappa shape index (κ1) is 18.5. The van der Waals surface area contributed by atoms with E-state index in [4.69, 9.17) is 5.11 Å². The molecule has 0 spiro atoms. The van der Waals surface area contributed by atoms with Crippen LogP contribution < -0.4 is 5.32 Å². The lowest BCUT2D eigenvalue weighted by Crippen LogP contribution is -2.49. The van der Waals surface area contributed by atoms with E-state index in [1.807, 2.05) is 11.8 Å². The Morgan fingerprint density at radius 3 is 2.61 bits per heavy atom. The zero-order valence-electron chi connectivity index (χ0n) is 14.8. The lowest BCUT2D eigenvalue weighted by molar-refractivity contribution is 0.138. The van der Waals surface area contributed by atoms with Crippen LogP contribution in [0.5, 0.6) is 0 Å². The van der Waals surface area contributed by atoms with Crippen molar-refractivity contribution in [1.82, 2.24) is 15.1 Å². The highest BCUT2D eigenvalue weighted by Gasteiger charge is 2.26. The number of aliphatic hydroxyl groups is 1. The molecule has 0 aliphatic carbocycles. The molecule has 0 saturated carbocycles. The average molecular weight is 325 g/mol. The molecular formula is C18H35N3O2. The van der Waals surface area contributed by atoms with E-state index < -0.39 is 0 Å². The summed E-state index contributed by atoms with van der Waals surface area (Å²) in [5, 5.41) is 12.0. The molecule has 2 atom stereocenters. The maximum Gasteiger partial charge on any atom is 0.317 e. The number of nitrogens with zero attached hydrogens (tertiary/aromatic N) is 2. The summed E-state index contributed by atoms with van der Waals surface area (Å²) in [4.78, 5) is 17.0. The smallest absolute Gasteiger partial charge is 0.317 e. The Morgan fingerprint density at radius 2 is 1.91 bits per heavy atom. The minimum atomic E-state index is 0.0796. The van der Waals surface area contributed by atoms with Crippen LogP contribution in [0.4, 0.5) is 4.79 Å². The van der Waals surface area contributed by atoms with Crippen LogP contribution in [-0.2, 0) is 0 Å². The standard InChI is InChI=1S/C18H35N3O2/c1-16(8-7-13-22)19-18(23)21-12-6-9-17(15-21)14-20-10-4-2-3-5-11-20/h16-17,22H,2-15H2,1H3,(H,19,23). The van der Waals surface area contributed by atoms with Gasteiger partial charge in [-0.25, -0.2) is 4.79 Å². The number of carbonyl (C=O) groups is 1. The van der Waals surface area contributed by atoms with Gasteiger partial charge in [0, 0.05) is 32.3 Å². The van der Waals surface area contributed by atoms with E-state index in [-0.39, 0.29) is 18.7 Å². The zero-order chi connectivity index (χ0) is 16.5. The fraction of sp³-hybridized carbons (Fsp3) is 0.944. The zero-order valence-corrected chi connectivity index (χ0v) is 14.8. The van der Waals surface area contributed by atoms with Crippen molar-refractivity contribution in [3.8, 4) is 0 Å². The van der Waals surface area contributed by atoms with Gasteiger partial charge in [-0.3, -0.25) is 0 Å². The highest BCUT2D eigenvalue weighted by atomic mass is 16.3. The molecule has 2 aliphatic rings. The third-order valence-electron chi connectivity index (χ3n) is 5.19. The van der Waals surface area contributed by atoms with Gasteiger partial charge in [-0.2, -0.15) is 0 Å². The minimum Gasteiger partial charge on any atom is -0.396 e. The van der Waals surface area contributed by atoms with Crippen molar-refractivity contribution >= 4 is 6.03 Å².